The van der Waals surface area contributed by atoms with E-state index >= 15 is 0 Å². The summed E-state index contributed by atoms with van der Waals surface area (Å²) >= 11 is 3.62. The predicted octanol–water partition coefficient (Wildman–Crippen LogP) is 7.04. The standard InChI is InChI=1S/C15H15BrN2.C8H8O2.C4H8/c1-10-11(2)18(12(3)15(10)16)9-14-6-4-13(8-17)5-7-14;9-7-10-6-8-4-2-1-3-5-8;1-3-4-2/h4-7H,9H2,1-3H3;1-5,7H,6H2;3-4H,1-2H3/b;;4-3-. The molecule has 0 unspecified atom stereocenters. The normalized spacial score (nSPS) is 9.78. The van der Waals surface area contributed by atoms with Crippen LogP contribution < -0.4 is 0 Å². The van der Waals surface area contributed by atoms with Gasteiger partial charge in [-0.1, -0.05) is 54.6 Å². The summed E-state index contributed by atoms with van der Waals surface area (Å²) in [5.74, 6) is 0. The van der Waals surface area contributed by atoms with Crippen LogP contribution in [0.5, 0.6) is 0 Å². The van der Waals surface area contributed by atoms with Gasteiger partial charge in [0.15, 0.2) is 0 Å². The van der Waals surface area contributed by atoms with Gasteiger partial charge in [0.2, 0.25) is 0 Å². The topological polar surface area (TPSA) is 55.0 Å². The van der Waals surface area contributed by atoms with E-state index in [1.165, 1.54) is 27.0 Å². The molecule has 0 aliphatic rings. The van der Waals surface area contributed by atoms with Crippen molar-refractivity contribution in [1.29, 1.82) is 5.26 Å². The van der Waals surface area contributed by atoms with E-state index in [1.807, 2.05) is 80.6 Å². The zero-order valence-corrected chi connectivity index (χ0v) is 21.0. The van der Waals surface area contributed by atoms with Gasteiger partial charge in [-0.15, -0.1) is 0 Å². The lowest BCUT2D eigenvalue weighted by Crippen LogP contribution is -2.04. The fraction of sp³-hybridized carbons (Fsp3) is 0.259. The van der Waals surface area contributed by atoms with E-state index in [1.54, 1.807) is 0 Å². The van der Waals surface area contributed by atoms with Gasteiger partial charge in [-0.3, -0.25) is 4.79 Å². The molecule has 0 spiro atoms. The monoisotopic (exact) mass is 494 g/mol. The first-order valence-electron chi connectivity index (χ1n) is 10.4. The quantitative estimate of drug-likeness (QED) is 0.282. The van der Waals surface area contributed by atoms with Gasteiger partial charge in [-0.25, -0.2) is 0 Å². The Balaban J connectivity index is 0.000000307. The molecule has 1 aromatic heterocycles. The van der Waals surface area contributed by atoms with Crippen molar-refractivity contribution in [3.63, 3.8) is 0 Å². The number of hydrogen-bond donors (Lipinski definition) is 0. The maximum atomic E-state index is 9.76. The summed E-state index contributed by atoms with van der Waals surface area (Å²) in [7, 11) is 0. The fourth-order valence-electron chi connectivity index (χ4n) is 2.81. The molecule has 3 aromatic rings. The number of halogens is 1. The zero-order chi connectivity index (χ0) is 23.9. The van der Waals surface area contributed by atoms with E-state index in [2.05, 4.69) is 52.1 Å². The van der Waals surface area contributed by atoms with Crippen LogP contribution in [0.2, 0.25) is 0 Å². The second-order valence-electron chi connectivity index (χ2n) is 7.06. The highest BCUT2D eigenvalue weighted by Gasteiger charge is 2.12. The lowest BCUT2D eigenvalue weighted by molar-refractivity contribution is -0.129. The van der Waals surface area contributed by atoms with E-state index < -0.39 is 0 Å². The number of nitriles is 1. The third kappa shape index (κ3) is 8.56. The smallest absolute Gasteiger partial charge is 0.293 e. The Morgan fingerprint density at radius 2 is 1.53 bits per heavy atom. The Morgan fingerprint density at radius 1 is 0.938 bits per heavy atom. The van der Waals surface area contributed by atoms with Gasteiger partial charge in [0.1, 0.15) is 6.61 Å². The Kier molecular flexibility index (Phi) is 12.5. The lowest BCUT2D eigenvalue weighted by atomic mass is 10.1. The summed E-state index contributed by atoms with van der Waals surface area (Å²) in [5.41, 5.74) is 6.74. The van der Waals surface area contributed by atoms with Gasteiger partial charge in [-0.05, 0) is 79.4 Å². The van der Waals surface area contributed by atoms with Crippen molar-refractivity contribution in [1.82, 2.24) is 4.57 Å². The summed E-state index contributed by atoms with van der Waals surface area (Å²) < 4.78 is 8.02. The number of carbonyl (C=O) groups is 1. The first-order valence-corrected chi connectivity index (χ1v) is 11.2. The van der Waals surface area contributed by atoms with Crippen LogP contribution in [0.4, 0.5) is 0 Å². The number of rotatable bonds is 5. The van der Waals surface area contributed by atoms with E-state index in [9.17, 15) is 4.79 Å². The van der Waals surface area contributed by atoms with Crippen LogP contribution >= 0.6 is 15.9 Å². The molecular weight excluding hydrogens is 464 g/mol. The van der Waals surface area contributed by atoms with Gasteiger partial charge in [-0.2, -0.15) is 5.26 Å². The second-order valence-corrected chi connectivity index (χ2v) is 7.86. The van der Waals surface area contributed by atoms with Crippen molar-refractivity contribution in [2.75, 3.05) is 0 Å². The Bertz CT molecular complexity index is 1000. The van der Waals surface area contributed by atoms with Gasteiger partial charge < -0.3 is 9.30 Å². The van der Waals surface area contributed by atoms with Crippen molar-refractivity contribution in [2.24, 2.45) is 0 Å². The molecule has 0 saturated carbocycles. The van der Waals surface area contributed by atoms with Crippen LogP contribution in [0.15, 0.2) is 71.2 Å². The second kappa shape index (κ2) is 14.8. The summed E-state index contributed by atoms with van der Waals surface area (Å²) in [6.45, 7) is 12.0. The van der Waals surface area contributed by atoms with Crippen molar-refractivity contribution in [3.8, 4) is 6.07 Å². The molecule has 0 saturated heterocycles. The molecule has 168 valence electrons. The SMILES string of the molecule is C/C=C\C.Cc1c(Br)c(C)n(Cc2ccc(C#N)cc2)c1C.O=COCc1ccccc1. The minimum atomic E-state index is 0.365. The molecule has 0 bridgehead atoms. The molecular formula is C27H31BrN2O2. The highest BCUT2D eigenvalue weighted by Crippen LogP contribution is 2.27. The molecule has 0 amide bonds. The summed E-state index contributed by atoms with van der Waals surface area (Å²) in [5, 5.41) is 8.78. The Labute approximate surface area is 200 Å². The molecule has 0 aliphatic carbocycles. The molecule has 0 atom stereocenters. The molecule has 1 heterocycles. The van der Waals surface area contributed by atoms with E-state index in [-0.39, 0.29) is 0 Å². The summed E-state index contributed by atoms with van der Waals surface area (Å²) in [6, 6.07) is 19.4. The average Bonchev–Trinajstić information content (AvgIpc) is 3.02. The summed E-state index contributed by atoms with van der Waals surface area (Å²) in [4.78, 5) is 9.76. The Hall–Kier alpha value is -3.10. The third-order valence-corrected chi connectivity index (χ3v) is 6.09. The molecule has 0 fully saturated rings. The van der Waals surface area contributed by atoms with Gasteiger partial charge in [0.25, 0.3) is 6.47 Å². The molecule has 3 rings (SSSR count). The zero-order valence-electron chi connectivity index (χ0n) is 19.4. The van der Waals surface area contributed by atoms with Crippen molar-refractivity contribution < 1.29 is 9.53 Å². The van der Waals surface area contributed by atoms with E-state index in [0.717, 1.165) is 12.1 Å². The first kappa shape index (κ1) is 26.9. The number of nitrogens with zero attached hydrogens (tertiary/aromatic N) is 2. The van der Waals surface area contributed by atoms with Crippen LogP contribution in [0.1, 0.15) is 47.5 Å². The average molecular weight is 495 g/mol. The third-order valence-electron chi connectivity index (χ3n) is 4.92. The van der Waals surface area contributed by atoms with Crippen LogP contribution in [0.3, 0.4) is 0 Å². The number of benzene rings is 2. The Morgan fingerprint density at radius 3 is 1.97 bits per heavy atom. The van der Waals surface area contributed by atoms with E-state index in [0.29, 0.717) is 18.6 Å². The van der Waals surface area contributed by atoms with Crippen molar-refractivity contribution in [3.05, 3.63) is 105 Å². The number of aromatic nitrogens is 1. The largest absolute Gasteiger partial charge is 0.463 e. The van der Waals surface area contributed by atoms with Crippen LogP contribution in [-0.2, 0) is 22.7 Å². The number of hydrogen-bond acceptors (Lipinski definition) is 3. The first-order chi connectivity index (χ1) is 15.4. The van der Waals surface area contributed by atoms with Gasteiger partial charge in [0, 0.05) is 22.4 Å². The highest BCUT2D eigenvalue weighted by molar-refractivity contribution is 9.10. The number of carbonyl (C=O) groups excluding carboxylic acids is 1. The molecule has 4 nitrogen and oxygen atoms in total. The molecule has 5 heteroatoms. The highest BCUT2D eigenvalue weighted by atomic mass is 79.9. The molecule has 0 aliphatic heterocycles. The van der Waals surface area contributed by atoms with Crippen molar-refractivity contribution in [2.45, 2.75) is 47.8 Å². The van der Waals surface area contributed by atoms with Crippen LogP contribution in [0, 0.1) is 32.1 Å². The van der Waals surface area contributed by atoms with Gasteiger partial charge >= 0.3 is 0 Å². The van der Waals surface area contributed by atoms with Crippen molar-refractivity contribution >= 4 is 22.4 Å². The van der Waals surface area contributed by atoms with Crippen LogP contribution in [0.25, 0.3) is 0 Å². The number of allylic oxidation sites excluding steroid dienone is 2. The number of ether oxygens (including phenoxy) is 1. The summed E-state index contributed by atoms with van der Waals surface area (Å²) in [6.07, 6.45) is 4.00. The van der Waals surface area contributed by atoms with Gasteiger partial charge in [0.05, 0.1) is 11.6 Å². The van der Waals surface area contributed by atoms with Crippen LogP contribution in [-0.4, -0.2) is 11.0 Å². The maximum Gasteiger partial charge on any atom is 0.293 e. The minimum absolute atomic E-state index is 0.365. The lowest BCUT2D eigenvalue weighted by Gasteiger charge is -2.09. The fourth-order valence-corrected chi connectivity index (χ4v) is 3.31. The minimum Gasteiger partial charge on any atom is -0.463 e. The maximum absolute atomic E-state index is 9.76. The molecule has 0 radical (unpaired) electrons. The molecule has 0 N–H and O–H groups in total. The van der Waals surface area contributed by atoms with E-state index in [4.69, 9.17) is 5.26 Å². The molecule has 32 heavy (non-hydrogen) atoms. The molecule has 2 aromatic carbocycles. The predicted molar refractivity (Wildman–Crippen MR) is 134 cm³/mol.